The predicted octanol–water partition coefficient (Wildman–Crippen LogP) is 6.07. The number of nitrogens with one attached hydrogen (secondary N) is 1. The summed E-state index contributed by atoms with van der Waals surface area (Å²) in [6.45, 7) is 2.96. The van der Waals surface area contributed by atoms with Gasteiger partial charge < -0.3 is 9.88 Å². The zero-order valence-electron chi connectivity index (χ0n) is 20.9. The van der Waals surface area contributed by atoms with Crippen molar-refractivity contribution in [2.45, 2.75) is 76.0 Å². The molecule has 0 radical (unpaired) electrons. The summed E-state index contributed by atoms with van der Waals surface area (Å²) >= 11 is 1.34. The van der Waals surface area contributed by atoms with Gasteiger partial charge in [0.2, 0.25) is 5.91 Å². The number of aryl methyl sites for hydroxylation is 1. The first-order chi connectivity index (χ1) is 17.7. The molecule has 4 aromatic rings. The van der Waals surface area contributed by atoms with Gasteiger partial charge in [-0.1, -0.05) is 87.2 Å². The molecule has 1 aliphatic carbocycles. The maximum Gasteiger partial charge on any atom is 0.283 e. The molecule has 5 rings (SSSR count). The number of carbonyl (C=O) groups excluding carboxylic acids is 1. The van der Waals surface area contributed by atoms with Crippen LogP contribution in [0.1, 0.15) is 58.3 Å². The van der Waals surface area contributed by atoms with E-state index in [0.29, 0.717) is 10.7 Å². The van der Waals surface area contributed by atoms with Gasteiger partial charge in [0.25, 0.3) is 5.56 Å². The number of unbranched alkanes of at least 4 members (excludes halogenated alkanes) is 2. The lowest BCUT2D eigenvalue weighted by Crippen LogP contribution is -2.37. The molecule has 0 spiro atoms. The molecule has 2 aromatic heterocycles. The minimum absolute atomic E-state index is 0.00264. The predicted molar refractivity (Wildman–Crippen MR) is 148 cm³/mol. The molecule has 1 aliphatic rings. The highest BCUT2D eigenvalue weighted by molar-refractivity contribution is 7.99. The van der Waals surface area contributed by atoms with Gasteiger partial charge in [0, 0.05) is 18.0 Å². The highest BCUT2D eigenvalue weighted by Gasteiger charge is 2.22. The van der Waals surface area contributed by atoms with Crippen molar-refractivity contribution in [3.05, 3.63) is 65.0 Å². The van der Waals surface area contributed by atoms with Crippen LogP contribution in [0.25, 0.3) is 27.6 Å². The standard InChI is InChI=1S/C29H34N4O2S/c1-2-3-12-19-32-24-18-11-10-17-23(24)26-27(32)28(35)33(22-15-8-5-9-16-22)29(31-26)36-20-25(34)30-21-13-6-4-7-14-21/h5,8-11,15-18,21H,2-4,6-7,12-14,19-20H2,1H3,(H,30,34). The Balaban J connectivity index is 1.57. The Labute approximate surface area is 216 Å². The Bertz CT molecular complexity index is 1400. The maximum absolute atomic E-state index is 14.1. The molecular weight excluding hydrogens is 468 g/mol. The third-order valence-electron chi connectivity index (χ3n) is 7.05. The number of rotatable bonds is 9. The lowest BCUT2D eigenvalue weighted by molar-refractivity contribution is -0.119. The van der Waals surface area contributed by atoms with Gasteiger partial charge in [-0.3, -0.25) is 14.2 Å². The molecule has 2 heterocycles. The van der Waals surface area contributed by atoms with Crippen LogP contribution in [0, 0.1) is 0 Å². The zero-order valence-corrected chi connectivity index (χ0v) is 21.7. The molecule has 2 aromatic carbocycles. The van der Waals surface area contributed by atoms with Crippen LogP contribution in [0.3, 0.4) is 0 Å². The molecule has 0 unspecified atom stereocenters. The summed E-state index contributed by atoms with van der Waals surface area (Å²) < 4.78 is 3.81. The van der Waals surface area contributed by atoms with Gasteiger partial charge in [-0.05, 0) is 37.5 Å². The fourth-order valence-corrected chi connectivity index (χ4v) is 6.07. The first-order valence-corrected chi connectivity index (χ1v) is 14.2. The van der Waals surface area contributed by atoms with Crippen LogP contribution in [0.15, 0.2) is 64.5 Å². The fourth-order valence-electron chi connectivity index (χ4n) is 5.25. The molecule has 7 heteroatoms. The zero-order chi connectivity index (χ0) is 24.9. The first kappa shape index (κ1) is 24.6. The number of amides is 1. The lowest BCUT2D eigenvalue weighted by Gasteiger charge is -2.22. The van der Waals surface area contributed by atoms with Crippen LogP contribution >= 0.6 is 11.8 Å². The monoisotopic (exact) mass is 502 g/mol. The number of fused-ring (bicyclic) bond motifs is 3. The summed E-state index contributed by atoms with van der Waals surface area (Å²) in [5.41, 5.74) is 3.05. The third-order valence-corrected chi connectivity index (χ3v) is 7.99. The van der Waals surface area contributed by atoms with Gasteiger partial charge in [-0.25, -0.2) is 4.98 Å². The van der Waals surface area contributed by atoms with Gasteiger partial charge in [0.05, 0.1) is 17.0 Å². The van der Waals surface area contributed by atoms with Crippen LogP contribution in [0.2, 0.25) is 0 Å². The van der Waals surface area contributed by atoms with Gasteiger partial charge in [-0.15, -0.1) is 0 Å². The van der Waals surface area contributed by atoms with Crippen LogP contribution in [0.5, 0.6) is 0 Å². The van der Waals surface area contributed by atoms with E-state index < -0.39 is 0 Å². The van der Waals surface area contributed by atoms with Crippen LogP contribution < -0.4 is 10.9 Å². The van der Waals surface area contributed by atoms with E-state index in [1.54, 1.807) is 4.57 Å². The number of benzene rings is 2. The Morgan fingerprint density at radius 3 is 2.56 bits per heavy atom. The third kappa shape index (κ3) is 5.07. The van der Waals surface area contributed by atoms with Crippen molar-refractivity contribution in [1.82, 2.24) is 19.4 Å². The van der Waals surface area contributed by atoms with Crippen LogP contribution in [0.4, 0.5) is 0 Å². The molecule has 0 bridgehead atoms. The van der Waals surface area contributed by atoms with E-state index in [0.717, 1.165) is 60.8 Å². The van der Waals surface area contributed by atoms with Crippen molar-refractivity contribution in [2.75, 3.05) is 5.75 Å². The van der Waals surface area contributed by atoms with Crippen molar-refractivity contribution in [2.24, 2.45) is 0 Å². The van der Waals surface area contributed by atoms with Gasteiger partial charge in [-0.2, -0.15) is 0 Å². The summed E-state index contributed by atoms with van der Waals surface area (Å²) in [5, 5.41) is 4.71. The van der Waals surface area contributed by atoms with Crippen molar-refractivity contribution < 1.29 is 4.79 Å². The SMILES string of the molecule is CCCCCn1c2ccccc2c2nc(SCC(=O)NC3CCCCC3)n(-c3ccccc3)c(=O)c21. The molecule has 0 atom stereocenters. The number of para-hydroxylation sites is 2. The fraction of sp³-hybridized carbons (Fsp3) is 0.414. The average molecular weight is 503 g/mol. The molecule has 6 nitrogen and oxygen atoms in total. The topological polar surface area (TPSA) is 68.9 Å². The summed E-state index contributed by atoms with van der Waals surface area (Å²) in [5.74, 6) is 0.235. The number of carbonyl (C=O) groups is 1. The smallest absolute Gasteiger partial charge is 0.283 e. The van der Waals surface area contributed by atoms with Gasteiger partial charge >= 0.3 is 0 Å². The highest BCUT2D eigenvalue weighted by Crippen LogP contribution is 2.29. The summed E-state index contributed by atoms with van der Waals surface area (Å²) in [7, 11) is 0. The largest absolute Gasteiger partial charge is 0.353 e. The second-order valence-electron chi connectivity index (χ2n) is 9.63. The summed E-state index contributed by atoms with van der Waals surface area (Å²) in [6, 6.07) is 18.0. The first-order valence-electron chi connectivity index (χ1n) is 13.2. The Morgan fingerprint density at radius 2 is 1.78 bits per heavy atom. The molecule has 188 valence electrons. The molecule has 36 heavy (non-hydrogen) atoms. The quantitative estimate of drug-likeness (QED) is 0.171. The normalized spacial score (nSPS) is 14.5. The van der Waals surface area contributed by atoms with E-state index >= 15 is 0 Å². The van der Waals surface area contributed by atoms with Crippen molar-refractivity contribution >= 4 is 39.6 Å². The minimum atomic E-state index is -0.0888. The van der Waals surface area contributed by atoms with Crippen molar-refractivity contribution in [3.8, 4) is 5.69 Å². The van der Waals surface area contributed by atoms with Crippen LogP contribution in [-0.4, -0.2) is 31.8 Å². The van der Waals surface area contributed by atoms with Crippen molar-refractivity contribution in [3.63, 3.8) is 0 Å². The molecule has 0 saturated heterocycles. The number of hydrogen-bond acceptors (Lipinski definition) is 4. The van der Waals surface area contributed by atoms with Crippen LogP contribution in [-0.2, 0) is 11.3 Å². The molecule has 1 fully saturated rings. The van der Waals surface area contributed by atoms with E-state index in [9.17, 15) is 9.59 Å². The maximum atomic E-state index is 14.1. The number of hydrogen-bond donors (Lipinski definition) is 1. The van der Waals surface area contributed by atoms with E-state index in [1.807, 2.05) is 48.5 Å². The second kappa shape index (κ2) is 11.3. The molecular formula is C29H34N4O2S. The molecule has 0 aliphatic heterocycles. The molecule has 1 N–H and O–H groups in total. The van der Waals surface area contributed by atoms with Crippen molar-refractivity contribution in [1.29, 1.82) is 0 Å². The molecule has 1 amide bonds. The molecule has 1 saturated carbocycles. The van der Waals surface area contributed by atoms with Gasteiger partial charge in [0.1, 0.15) is 11.0 Å². The Hall–Kier alpha value is -3.06. The number of thioether (sulfide) groups is 1. The van der Waals surface area contributed by atoms with E-state index in [2.05, 4.69) is 22.9 Å². The second-order valence-corrected chi connectivity index (χ2v) is 10.6. The Kier molecular flexibility index (Phi) is 7.75. The summed E-state index contributed by atoms with van der Waals surface area (Å²) in [4.78, 5) is 31.9. The van der Waals surface area contributed by atoms with E-state index in [4.69, 9.17) is 4.98 Å². The van der Waals surface area contributed by atoms with E-state index in [-0.39, 0.29) is 23.3 Å². The van der Waals surface area contributed by atoms with Gasteiger partial charge in [0.15, 0.2) is 5.16 Å². The minimum Gasteiger partial charge on any atom is -0.353 e. The van der Waals surface area contributed by atoms with E-state index in [1.165, 1.54) is 31.0 Å². The summed E-state index contributed by atoms with van der Waals surface area (Å²) in [6.07, 6.45) is 8.93. The average Bonchev–Trinajstić information content (AvgIpc) is 3.22. The Morgan fingerprint density at radius 1 is 1.03 bits per heavy atom. The highest BCUT2D eigenvalue weighted by atomic mass is 32.2. The lowest BCUT2D eigenvalue weighted by atomic mass is 9.95. The number of aromatic nitrogens is 3. The number of nitrogens with zero attached hydrogens (tertiary/aromatic N) is 3.